The molecule has 0 saturated carbocycles. The van der Waals surface area contributed by atoms with Crippen molar-refractivity contribution in [3.05, 3.63) is 22.4 Å². The Hall–Kier alpha value is -1.40. The van der Waals surface area contributed by atoms with E-state index >= 15 is 0 Å². The van der Waals surface area contributed by atoms with Gasteiger partial charge in [0.2, 0.25) is 11.8 Å². The molecule has 22 heavy (non-hydrogen) atoms. The highest BCUT2D eigenvalue weighted by Crippen LogP contribution is 2.27. The predicted octanol–water partition coefficient (Wildman–Crippen LogP) is 2.06. The van der Waals surface area contributed by atoms with Gasteiger partial charge in [0.25, 0.3) is 0 Å². The minimum Gasteiger partial charge on any atom is -0.383 e. The van der Waals surface area contributed by atoms with Crippen molar-refractivity contribution in [2.75, 3.05) is 26.8 Å². The summed E-state index contributed by atoms with van der Waals surface area (Å²) in [6, 6.07) is 4.04. The Balaban J connectivity index is 1.95. The second-order valence-corrected chi connectivity index (χ2v) is 6.96. The van der Waals surface area contributed by atoms with Crippen LogP contribution in [-0.2, 0) is 14.3 Å². The smallest absolute Gasteiger partial charge is 0.225 e. The third-order valence-corrected chi connectivity index (χ3v) is 4.92. The Kier molecular flexibility index (Phi) is 5.97. The van der Waals surface area contributed by atoms with Gasteiger partial charge in [0.1, 0.15) is 0 Å². The Labute approximate surface area is 135 Å². The van der Waals surface area contributed by atoms with Crippen LogP contribution < -0.4 is 5.32 Å². The van der Waals surface area contributed by atoms with Gasteiger partial charge in [-0.25, -0.2) is 0 Å². The molecule has 0 aromatic carbocycles. The average molecular weight is 324 g/mol. The summed E-state index contributed by atoms with van der Waals surface area (Å²) in [4.78, 5) is 27.3. The molecule has 0 aliphatic carbocycles. The molecule has 1 aliphatic rings. The molecular weight excluding hydrogens is 300 g/mol. The number of likely N-dealkylation sites (tertiary alicyclic amines) is 1. The predicted molar refractivity (Wildman–Crippen MR) is 86.6 cm³/mol. The number of carbonyl (C=O) groups excluding carboxylic acids is 2. The van der Waals surface area contributed by atoms with Crippen LogP contribution in [0.5, 0.6) is 0 Å². The fourth-order valence-corrected chi connectivity index (χ4v) is 3.62. The van der Waals surface area contributed by atoms with Crippen LogP contribution >= 0.6 is 11.3 Å². The van der Waals surface area contributed by atoms with Crippen molar-refractivity contribution in [3.8, 4) is 0 Å². The molecule has 6 heteroatoms. The molecule has 0 unspecified atom stereocenters. The number of amides is 2. The second-order valence-electron chi connectivity index (χ2n) is 5.98. The molecule has 1 aromatic rings. The van der Waals surface area contributed by atoms with E-state index in [1.54, 1.807) is 23.3 Å². The van der Waals surface area contributed by atoms with Gasteiger partial charge in [-0.2, -0.15) is 0 Å². The van der Waals surface area contributed by atoms with Crippen LogP contribution in [0.25, 0.3) is 0 Å². The SMILES string of the molecule is COCCN1C[C@@H](C(=O)N[C@@H](c2cccs2)C(C)C)CC1=O. The maximum absolute atomic E-state index is 12.5. The lowest BCUT2D eigenvalue weighted by atomic mass is 10.0. The van der Waals surface area contributed by atoms with Crippen molar-refractivity contribution in [2.24, 2.45) is 11.8 Å². The van der Waals surface area contributed by atoms with E-state index in [-0.39, 0.29) is 23.8 Å². The summed E-state index contributed by atoms with van der Waals surface area (Å²) in [5.41, 5.74) is 0. The maximum atomic E-state index is 12.5. The molecule has 0 spiro atoms. The number of methoxy groups -OCH3 is 1. The third kappa shape index (κ3) is 4.08. The number of ether oxygens (including phenoxy) is 1. The van der Waals surface area contributed by atoms with Gasteiger partial charge in [-0.05, 0) is 17.4 Å². The Bertz CT molecular complexity index is 501. The highest BCUT2D eigenvalue weighted by molar-refractivity contribution is 7.10. The molecular formula is C16H24N2O3S. The van der Waals surface area contributed by atoms with Gasteiger partial charge in [-0.15, -0.1) is 11.3 Å². The Morgan fingerprint density at radius 1 is 1.55 bits per heavy atom. The zero-order valence-electron chi connectivity index (χ0n) is 13.4. The van der Waals surface area contributed by atoms with Crippen LogP contribution in [0.15, 0.2) is 17.5 Å². The highest BCUT2D eigenvalue weighted by atomic mass is 32.1. The normalized spacial score (nSPS) is 19.7. The summed E-state index contributed by atoms with van der Waals surface area (Å²) < 4.78 is 5.00. The number of rotatable bonds is 7. The van der Waals surface area contributed by atoms with Gasteiger partial charge in [0, 0.05) is 31.5 Å². The van der Waals surface area contributed by atoms with Gasteiger partial charge in [0.05, 0.1) is 18.6 Å². The van der Waals surface area contributed by atoms with Crippen LogP contribution in [0.3, 0.4) is 0 Å². The van der Waals surface area contributed by atoms with Crippen molar-refractivity contribution in [1.29, 1.82) is 0 Å². The standard InChI is InChI=1S/C16H24N2O3S/c1-11(2)15(13-5-4-8-22-13)17-16(20)12-9-14(19)18(10-12)6-7-21-3/h4-5,8,11-12,15H,6-7,9-10H2,1-3H3,(H,17,20)/t12-,15+/m0/s1. The fourth-order valence-electron chi connectivity index (χ4n) is 2.67. The van der Waals surface area contributed by atoms with Crippen LogP contribution in [0.1, 0.15) is 31.2 Å². The first-order chi connectivity index (χ1) is 10.5. The monoisotopic (exact) mass is 324 g/mol. The summed E-state index contributed by atoms with van der Waals surface area (Å²) in [5.74, 6) is 0.0599. The van der Waals surface area contributed by atoms with Crippen molar-refractivity contribution >= 4 is 23.2 Å². The molecule has 1 aromatic heterocycles. The molecule has 0 bridgehead atoms. The van der Waals surface area contributed by atoms with Crippen molar-refractivity contribution in [2.45, 2.75) is 26.3 Å². The van der Waals surface area contributed by atoms with Crippen LogP contribution in [0.4, 0.5) is 0 Å². The Morgan fingerprint density at radius 3 is 2.91 bits per heavy atom. The highest BCUT2D eigenvalue weighted by Gasteiger charge is 2.35. The first-order valence-electron chi connectivity index (χ1n) is 7.63. The van der Waals surface area contributed by atoms with Gasteiger partial charge < -0.3 is 15.0 Å². The van der Waals surface area contributed by atoms with Crippen LogP contribution in [0.2, 0.25) is 0 Å². The number of hydrogen-bond acceptors (Lipinski definition) is 4. The molecule has 1 aliphatic heterocycles. The number of nitrogens with zero attached hydrogens (tertiary/aromatic N) is 1. The summed E-state index contributed by atoms with van der Waals surface area (Å²) in [6.45, 7) is 5.73. The summed E-state index contributed by atoms with van der Waals surface area (Å²) in [7, 11) is 1.61. The first-order valence-corrected chi connectivity index (χ1v) is 8.51. The fraction of sp³-hybridized carbons (Fsp3) is 0.625. The molecule has 1 saturated heterocycles. The van der Waals surface area contributed by atoms with Gasteiger partial charge >= 0.3 is 0 Å². The van der Waals surface area contributed by atoms with Crippen molar-refractivity contribution < 1.29 is 14.3 Å². The summed E-state index contributed by atoms with van der Waals surface area (Å²) in [5, 5.41) is 5.14. The van der Waals surface area contributed by atoms with Gasteiger partial charge in [-0.1, -0.05) is 19.9 Å². The molecule has 122 valence electrons. The van der Waals surface area contributed by atoms with Crippen LogP contribution in [-0.4, -0.2) is 43.5 Å². The zero-order chi connectivity index (χ0) is 16.1. The lowest BCUT2D eigenvalue weighted by Gasteiger charge is -2.23. The van der Waals surface area contributed by atoms with Crippen molar-refractivity contribution in [3.63, 3.8) is 0 Å². The molecule has 2 atom stereocenters. The molecule has 0 radical (unpaired) electrons. The van der Waals surface area contributed by atoms with E-state index in [0.29, 0.717) is 32.0 Å². The van der Waals surface area contributed by atoms with E-state index in [0.717, 1.165) is 4.88 Å². The Morgan fingerprint density at radius 2 is 2.32 bits per heavy atom. The van der Waals surface area contributed by atoms with E-state index in [2.05, 4.69) is 19.2 Å². The minimum absolute atomic E-state index is 0.00984. The second kappa shape index (κ2) is 7.74. The quantitative estimate of drug-likeness (QED) is 0.835. The number of carbonyl (C=O) groups is 2. The van der Waals surface area contributed by atoms with Crippen LogP contribution in [0, 0.1) is 11.8 Å². The van der Waals surface area contributed by atoms with E-state index in [1.165, 1.54) is 0 Å². The first kappa shape index (κ1) is 17.0. The molecule has 1 fully saturated rings. The van der Waals surface area contributed by atoms with E-state index in [4.69, 9.17) is 4.74 Å². The molecule has 2 amide bonds. The molecule has 2 rings (SSSR count). The average Bonchev–Trinajstić information content (AvgIpc) is 3.11. The van der Waals surface area contributed by atoms with E-state index in [9.17, 15) is 9.59 Å². The lowest BCUT2D eigenvalue weighted by molar-refractivity contribution is -0.129. The third-order valence-electron chi connectivity index (χ3n) is 3.96. The molecule has 5 nitrogen and oxygen atoms in total. The number of nitrogens with one attached hydrogen (secondary N) is 1. The van der Waals surface area contributed by atoms with E-state index < -0.39 is 0 Å². The van der Waals surface area contributed by atoms with Gasteiger partial charge in [-0.3, -0.25) is 9.59 Å². The largest absolute Gasteiger partial charge is 0.383 e. The summed E-state index contributed by atoms with van der Waals surface area (Å²) >= 11 is 1.65. The molecule has 2 heterocycles. The zero-order valence-corrected chi connectivity index (χ0v) is 14.2. The number of hydrogen-bond donors (Lipinski definition) is 1. The molecule has 1 N–H and O–H groups in total. The number of thiophene rings is 1. The summed E-state index contributed by atoms with van der Waals surface area (Å²) in [6.07, 6.45) is 0.296. The lowest BCUT2D eigenvalue weighted by Crippen LogP contribution is -2.37. The van der Waals surface area contributed by atoms with Crippen molar-refractivity contribution in [1.82, 2.24) is 10.2 Å². The van der Waals surface area contributed by atoms with E-state index in [1.807, 2.05) is 17.5 Å². The maximum Gasteiger partial charge on any atom is 0.225 e. The minimum atomic E-state index is -0.259. The topological polar surface area (TPSA) is 58.6 Å². The van der Waals surface area contributed by atoms with Gasteiger partial charge in [0.15, 0.2) is 0 Å².